The highest BCUT2D eigenvalue weighted by Gasteiger charge is 2.25. The molecule has 2 aromatic rings. The summed E-state index contributed by atoms with van der Waals surface area (Å²) in [6.07, 6.45) is 2.69. The van der Waals surface area contributed by atoms with Gasteiger partial charge in [0.25, 0.3) is 0 Å². The molecule has 2 heterocycles. The number of hydrogen-bond donors (Lipinski definition) is 2. The average Bonchev–Trinajstić information content (AvgIpc) is 2.46. The Labute approximate surface area is 116 Å². The minimum absolute atomic E-state index is 0.195. The third kappa shape index (κ3) is 2.53. The van der Waals surface area contributed by atoms with Crippen LogP contribution in [-0.2, 0) is 16.1 Å². The number of fused-ring (bicyclic) bond motifs is 1. The van der Waals surface area contributed by atoms with Gasteiger partial charge in [-0.1, -0.05) is 24.3 Å². The van der Waals surface area contributed by atoms with Gasteiger partial charge in [0.05, 0.1) is 11.6 Å². The van der Waals surface area contributed by atoms with Crippen LogP contribution in [0, 0.1) is 0 Å². The first kappa shape index (κ1) is 12.7. The van der Waals surface area contributed by atoms with E-state index in [-0.39, 0.29) is 17.9 Å². The van der Waals surface area contributed by atoms with Crippen LogP contribution in [0.15, 0.2) is 36.5 Å². The van der Waals surface area contributed by atoms with Gasteiger partial charge < -0.3 is 5.32 Å². The van der Waals surface area contributed by atoms with Crippen molar-refractivity contribution >= 4 is 22.7 Å². The Morgan fingerprint density at radius 3 is 2.95 bits per heavy atom. The molecule has 0 aliphatic carbocycles. The Bertz CT molecular complexity index is 664. The fourth-order valence-electron chi connectivity index (χ4n) is 2.43. The lowest BCUT2D eigenvalue weighted by Crippen LogP contribution is -2.50. The molecule has 3 rings (SSSR count). The molecule has 1 aliphatic rings. The second-order valence-electron chi connectivity index (χ2n) is 4.88. The molecule has 0 saturated carbocycles. The van der Waals surface area contributed by atoms with E-state index >= 15 is 0 Å². The van der Waals surface area contributed by atoms with Crippen molar-refractivity contribution < 1.29 is 9.59 Å². The van der Waals surface area contributed by atoms with Crippen molar-refractivity contribution in [3.05, 3.63) is 42.1 Å². The van der Waals surface area contributed by atoms with E-state index in [2.05, 4.69) is 15.6 Å². The third-order valence-corrected chi connectivity index (χ3v) is 3.49. The topological polar surface area (TPSA) is 71.1 Å². The molecule has 102 valence electrons. The predicted molar refractivity (Wildman–Crippen MR) is 74.8 cm³/mol. The van der Waals surface area contributed by atoms with Crippen LogP contribution in [0.4, 0.5) is 0 Å². The fraction of sp³-hybridized carbons (Fsp3) is 0.267. The summed E-state index contributed by atoms with van der Waals surface area (Å²) in [5.74, 6) is -0.436. The van der Waals surface area contributed by atoms with Gasteiger partial charge in [-0.25, -0.2) is 0 Å². The van der Waals surface area contributed by atoms with E-state index in [0.717, 1.165) is 16.5 Å². The number of hydrogen-bond acceptors (Lipinski definition) is 4. The predicted octanol–water partition coefficient (Wildman–Crippen LogP) is 1.13. The highest BCUT2D eigenvalue weighted by atomic mass is 16.2. The molecule has 1 aliphatic heterocycles. The molecule has 2 N–H and O–H groups in total. The average molecular weight is 269 g/mol. The standard InChI is InChI=1S/C15H15N3O2/c19-13-7-6-12(15(20)18-13)17-9-11-4-1-3-10-5-2-8-16-14(10)11/h1-5,8,12,17H,6-7,9H2,(H,18,19,20). The number of carbonyl (C=O) groups is 2. The van der Waals surface area contributed by atoms with E-state index in [1.807, 2.05) is 30.3 Å². The van der Waals surface area contributed by atoms with Gasteiger partial charge >= 0.3 is 0 Å². The molecular weight excluding hydrogens is 254 g/mol. The highest BCUT2D eigenvalue weighted by molar-refractivity contribution is 6.00. The lowest BCUT2D eigenvalue weighted by atomic mass is 10.0. The molecule has 1 aromatic carbocycles. The van der Waals surface area contributed by atoms with Crippen molar-refractivity contribution in [1.82, 2.24) is 15.6 Å². The van der Waals surface area contributed by atoms with Crippen LogP contribution < -0.4 is 10.6 Å². The first-order valence-corrected chi connectivity index (χ1v) is 6.64. The van der Waals surface area contributed by atoms with E-state index in [9.17, 15) is 9.59 Å². The zero-order valence-corrected chi connectivity index (χ0v) is 10.9. The Morgan fingerprint density at radius 2 is 2.10 bits per heavy atom. The summed E-state index contributed by atoms with van der Waals surface area (Å²) in [7, 11) is 0. The lowest BCUT2D eigenvalue weighted by Gasteiger charge is -2.22. The third-order valence-electron chi connectivity index (χ3n) is 3.49. The molecule has 5 heteroatoms. The van der Waals surface area contributed by atoms with Gasteiger partial charge in [0.15, 0.2) is 0 Å². The zero-order chi connectivity index (χ0) is 13.9. The van der Waals surface area contributed by atoms with Gasteiger partial charge in [-0.2, -0.15) is 0 Å². The molecule has 1 saturated heterocycles. The van der Waals surface area contributed by atoms with Gasteiger partial charge in [-0.3, -0.25) is 19.9 Å². The van der Waals surface area contributed by atoms with Gasteiger partial charge in [0.2, 0.25) is 11.8 Å². The molecule has 0 bridgehead atoms. The second-order valence-corrected chi connectivity index (χ2v) is 4.88. The number of nitrogens with zero attached hydrogens (tertiary/aromatic N) is 1. The molecule has 0 radical (unpaired) electrons. The van der Waals surface area contributed by atoms with Crippen molar-refractivity contribution in [2.45, 2.75) is 25.4 Å². The highest BCUT2D eigenvalue weighted by Crippen LogP contribution is 2.16. The largest absolute Gasteiger partial charge is 0.302 e. The molecular formula is C15H15N3O2. The summed E-state index contributed by atoms with van der Waals surface area (Å²) in [5, 5.41) is 6.62. The van der Waals surface area contributed by atoms with Crippen molar-refractivity contribution in [1.29, 1.82) is 0 Å². The van der Waals surface area contributed by atoms with E-state index in [4.69, 9.17) is 0 Å². The number of imide groups is 1. The van der Waals surface area contributed by atoms with Crippen LogP contribution >= 0.6 is 0 Å². The summed E-state index contributed by atoms with van der Waals surface area (Å²) < 4.78 is 0. The quantitative estimate of drug-likeness (QED) is 0.819. The smallest absolute Gasteiger partial charge is 0.243 e. The molecule has 0 spiro atoms. The lowest BCUT2D eigenvalue weighted by molar-refractivity contribution is -0.134. The Balaban J connectivity index is 1.74. The number of rotatable bonds is 3. The molecule has 2 amide bonds. The molecule has 5 nitrogen and oxygen atoms in total. The van der Waals surface area contributed by atoms with E-state index in [1.165, 1.54) is 0 Å². The van der Waals surface area contributed by atoms with Crippen molar-refractivity contribution in [2.75, 3.05) is 0 Å². The number of pyridine rings is 1. The van der Waals surface area contributed by atoms with Crippen molar-refractivity contribution in [3.8, 4) is 0 Å². The number of benzene rings is 1. The number of amides is 2. The summed E-state index contributed by atoms with van der Waals surface area (Å²) in [4.78, 5) is 27.2. The fourth-order valence-corrected chi connectivity index (χ4v) is 2.43. The SMILES string of the molecule is O=C1CCC(NCc2cccc3cccnc23)C(=O)N1. The van der Waals surface area contributed by atoms with Crippen LogP contribution in [-0.4, -0.2) is 22.8 Å². The first-order valence-electron chi connectivity index (χ1n) is 6.64. The Kier molecular flexibility index (Phi) is 3.43. The first-order chi connectivity index (χ1) is 9.74. The summed E-state index contributed by atoms with van der Waals surface area (Å²) in [6.45, 7) is 0.556. The molecule has 1 aromatic heterocycles. The van der Waals surface area contributed by atoms with Crippen molar-refractivity contribution in [2.24, 2.45) is 0 Å². The monoisotopic (exact) mass is 269 g/mol. The molecule has 1 unspecified atom stereocenters. The van der Waals surface area contributed by atoms with Gasteiger partial charge in [-0.05, 0) is 18.1 Å². The number of carbonyl (C=O) groups excluding carboxylic acids is 2. The molecule has 1 fully saturated rings. The zero-order valence-electron chi connectivity index (χ0n) is 10.9. The Morgan fingerprint density at radius 1 is 1.25 bits per heavy atom. The summed E-state index contributed by atoms with van der Waals surface area (Å²) >= 11 is 0. The second kappa shape index (κ2) is 5.38. The van der Waals surface area contributed by atoms with Crippen LogP contribution in [0.3, 0.4) is 0 Å². The van der Waals surface area contributed by atoms with E-state index in [0.29, 0.717) is 19.4 Å². The van der Waals surface area contributed by atoms with Crippen LogP contribution in [0.5, 0.6) is 0 Å². The number of nitrogens with one attached hydrogen (secondary N) is 2. The normalized spacial score (nSPS) is 19.1. The summed E-state index contributed by atoms with van der Waals surface area (Å²) in [5.41, 5.74) is 1.99. The van der Waals surface area contributed by atoms with Crippen LogP contribution in [0.1, 0.15) is 18.4 Å². The minimum Gasteiger partial charge on any atom is -0.302 e. The van der Waals surface area contributed by atoms with Crippen LogP contribution in [0.2, 0.25) is 0 Å². The van der Waals surface area contributed by atoms with E-state index in [1.54, 1.807) is 6.20 Å². The molecule has 20 heavy (non-hydrogen) atoms. The number of piperidine rings is 1. The molecule has 1 atom stereocenters. The minimum atomic E-state index is -0.313. The van der Waals surface area contributed by atoms with Crippen LogP contribution in [0.25, 0.3) is 10.9 Å². The maximum Gasteiger partial charge on any atom is 0.243 e. The number of para-hydroxylation sites is 1. The van der Waals surface area contributed by atoms with Gasteiger partial charge in [-0.15, -0.1) is 0 Å². The van der Waals surface area contributed by atoms with Gasteiger partial charge in [0, 0.05) is 24.5 Å². The maximum atomic E-state index is 11.7. The Hall–Kier alpha value is -2.27. The summed E-state index contributed by atoms with van der Waals surface area (Å²) in [6, 6.07) is 9.58. The van der Waals surface area contributed by atoms with Gasteiger partial charge in [0.1, 0.15) is 0 Å². The van der Waals surface area contributed by atoms with E-state index < -0.39 is 0 Å². The maximum absolute atomic E-state index is 11.7. The number of aromatic nitrogens is 1. The van der Waals surface area contributed by atoms with Crippen molar-refractivity contribution in [3.63, 3.8) is 0 Å².